The summed E-state index contributed by atoms with van der Waals surface area (Å²) in [5.74, 6) is -2.10. The Morgan fingerprint density at radius 1 is 0.907 bits per heavy atom. The number of nitrogens with zero attached hydrogens (tertiary/aromatic N) is 1. The number of fused-ring (bicyclic) bond motifs is 2. The van der Waals surface area contributed by atoms with E-state index in [-0.39, 0.29) is 24.0 Å². The number of aromatic carboxylic acids is 1. The highest BCUT2D eigenvalue weighted by Crippen LogP contribution is 2.56. The minimum atomic E-state index is -1.21. The lowest BCUT2D eigenvalue weighted by atomic mass is 9.79. The van der Waals surface area contributed by atoms with Gasteiger partial charge in [-0.1, -0.05) is 25.1 Å². The van der Waals surface area contributed by atoms with Crippen LogP contribution >= 0.6 is 0 Å². The van der Waals surface area contributed by atoms with Crippen molar-refractivity contribution in [2.75, 3.05) is 20.5 Å². The predicted molar refractivity (Wildman–Crippen MR) is 154 cm³/mol. The zero-order valence-corrected chi connectivity index (χ0v) is 23.5. The molecule has 0 radical (unpaired) electrons. The molecule has 0 saturated heterocycles. The van der Waals surface area contributed by atoms with E-state index in [9.17, 15) is 19.8 Å². The van der Waals surface area contributed by atoms with Crippen molar-refractivity contribution in [3.05, 3.63) is 101 Å². The van der Waals surface area contributed by atoms with Crippen LogP contribution in [0.5, 0.6) is 34.6 Å². The Labute approximate surface area is 247 Å². The van der Waals surface area contributed by atoms with E-state index in [1.807, 2.05) is 37.3 Å². The van der Waals surface area contributed by atoms with Crippen LogP contribution in [0.1, 0.15) is 57.8 Å². The molecule has 10 nitrogen and oxygen atoms in total. The Hall–Kier alpha value is -5.25. The third-order valence-corrected chi connectivity index (χ3v) is 7.72. The van der Waals surface area contributed by atoms with Crippen LogP contribution in [0, 0.1) is 5.92 Å². The maximum atomic E-state index is 13.2. The second-order valence-electron chi connectivity index (χ2n) is 10.2. The fraction of sp³-hybridized carbons (Fsp3) is 0.242. The van der Waals surface area contributed by atoms with Crippen molar-refractivity contribution < 1.29 is 43.5 Å². The molecule has 0 spiro atoms. The number of carboxylic acid groups (broad SMARTS) is 2. The van der Waals surface area contributed by atoms with E-state index >= 15 is 0 Å². The topological polar surface area (TPSA) is 134 Å². The SMILES string of the molecule is CCCOc1ccc2c(c1)[C@@H](c1ccc(OC)cc1Oc1ncccc1C(=O)O)[C@H](C(=O)O)[C@H]2c1ccc2c(c1)OCO2. The Bertz CT molecular complexity index is 1700. The highest BCUT2D eigenvalue weighted by molar-refractivity contribution is 5.90. The third-order valence-electron chi connectivity index (χ3n) is 7.72. The monoisotopic (exact) mass is 583 g/mol. The molecule has 2 heterocycles. The Balaban J connectivity index is 1.54. The van der Waals surface area contributed by atoms with Crippen molar-refractivity contribution >= 4 is 11.9 Å². The van der Waals surface area contributed by atoms with Gasteiger partial charge in [0.25, 0.3) is 0 Å². The molecule has 0 amide bonds. The number of hydrogen-bond acceptors (Lipinski definition) is 8. The van der Waals surface area contributed by atoms with E-state index in [0.717, 1.165) is 23.1 Å². The number of carboxylic acids is 2. The number of hydrogen-bond donors (Lipinski definition) is 2. The fourth-order valence-corrected chi connectivity index (χ4v) is 5.86. The molecule has 1 aliphatic heterocycles. The van der Waals surface area contributed by atoms with Crippen LogP contribution in [-0.4, -0.2) is 47.6 Å². The van der Waals surface area contributed by atoms with Gasteiger partial charge in [-0.15, -0.1) is 0 Å². The van der Waals surface area contributed by atoms with Crippen LogP contribution in [0.2, 0.25) is 0 Å². The Morgan fingerprint density at radius 2 is 1.70 bits per heavy atom. The number of aliphatic carboxylic acids is 1. The number of rotatable bonds is 10. The van der Waals surface area contributed by atoms with Gasteiger partial charge in [0.15, 0.2) is 11.5 Å². The minimum absolute atomic E-state index is 0.0988. The van der Waals surface area contributed by atoms with Crippen LogP contribution in [-0.2, 0) is 4.79 Å². The summed E-state index contributed by atoms with van der Waals surface area (Å²) >= 11 is 0. The molecule has 10 heteroatoms. The molecule has 2 N–H and O–H groups in total. The first kappa shape index (κ1) is 27.9. The summed E-state index contributed by atoms with van der Waals surface area (Å²) in [6.45, 7) is 2.61. The minimum Gasteiger partial charge on any atom is -0.497 e. The molecule has 220 valence electrons. The molecule has 6 rings (SSSR count). The van der Waals surface area contributed by atoms with E-state index in [2.05, 4.69) is 4.98 Å². The van der Waals surface area contributed by atoms with Gasteiger partial charge in [0.05, 0.1) is 19.6 Å². The number of carbonyl (C=O) groups is 2. The lowest BCUT2D eigenvalue weighted by Crippen LogP contribution is -2.24. The van der Waals surface area contributed by atoms with Crippen LogP contribution in [0.15, 0.2) is 72.9 Å². The molecule has 1 aromatic heterocycles. The van der Waals surface area contributed by atoms with Crippen LogP contribution in [0.25, 0.3) is 0 Å². The maximum Gasteiger partial charge on any atom is 0.341 e. The molecule has 0 fully saturated rings. The van der Waals surface area contributed by atoms with E-state index in [1.165, 1.54) is 25.4 Å². The number of benzene rings is 3. The Kier molecular flexibility index (Phi) is 7.50. The summed E-state index contributed by atoms with van der Waals surface area (Å²) in [6, 6.07) is 19.1. The van der Waals surface area contributed by atoms with Gasteiger partial charge < -0.3 is 33.9 Å². The lowest BCUT2D eigenvalue weighted by molar-refractivity contribution is -0.142. The maximum absolute atomic E-state index is 13.2. The van der Waals surface area contributed by atoms with Crippen molar-refractivity contribution in [1.82, 2.24) is 4.98 Å². The normalized spacial score (nSPS) is 18.1. The van der Waals surface area contributed by atoms with Crippen molar-refractivity contribution in [2.45, 2.75) is 25.2 Å². The van der Waals surface area contributed by atoms with E-state index < -0.39 is 29.7 Å². The summed E-state index contributed by atoms with van der Waals surface area (Å²) < 4.78 is 28.7. The van der Waals surface area contributed by atoms with Gasteiger partial charge in [-0.2, -0.15) is 0 Å². The molecule has 0 unspecified atom stereocenters. The molecule has 2 aliphatic rings. The summed E-state index contributed by atoms with van der Waals surface area (Å²) in [5.41, 5.74) is 2.75. The standard InChI is InChI=1S/C33H29NO9/c1-3-13-40-20-8-9-21-24(15-20)29(30(33(37)38)28(21)18-6-11-25-27(14-18)42-17-41-25)22-10-7-19(39-2)16-26(22)43-31-23(32(35)36)5-4-12-34-31/h4-12,14-16,28-30H,3,13,17H2,1-2H3,(H,35,36)(H,37,38)/t28-,29+,30+/m0/s1. The number of methoxy groups -OCH3 is 1. The summed E-state index contributed by atoms with van der Waals surface area (Å²) in [6.07, 6.45) is 2.24. The van der Waals surface area contributed by atoms with Gasteiger partial charge in [-0.25, -0.2) is 9.78 Å². The van der Waals surface area contributed by atoms with Gasteiger partial charge in [-0.05, 0) is 65.6 Å². The average Bonchev–Trinajstić information content (AvgIpc) is 3.62. The average molecular weight is 584 g/mol. The van der Waals surface area contributed by atoms with Gasteiger partial charge >= 0.3 is 11.9 Å². The summed E-state index contributed by atoms with van der Waals surface area (Å²) in [7, 11) is 1.50. The highest BCUT2D eigenvalue weighted by atomic mass is 16.7. The largest absolute Gasteiger partial charge is 0.497 e. The van der Waals surface area contributed by atoms with Crippen molar-refractivity contribution in [1.29, 1.82) is 0 Å². The first-order chi connectivity index (χ1) is 20.9. The quantitative estimate of drug-likeness (QED) is 0.226. The third kappa shape index (κ3) is 5.16. The zero-order chi connectivity index (χ0) is 30.1. The van der Waals surface area contributed by atoms with Gasteiger partial charge in [-0.3, -0.25) is 4.79 Å². The number of ether oxygens (including phenoxy) is 5. The fourth-order valence-electron chi connectivity index (χ4n) is 5.86. The van der Waals surface area contributed by atoms with Crippen molar-refractivity contribution in [3.8, 4) is 34.6 Å². The lowest BCUT2D eigenvalue weighted by Gasteiger charge is -2.25. The molecule has 3 atom stereocenters. The second-order valence-corrected chi connectivity index (χ2v) is 10.2. The number of aromatic nitrogens is 1. The first-order valence-electron chi connectivity index (χ1n) is 13.8. The molecule has 1 aliphatic carbocycles. The Morgan fingerprint density at radius 3 is 2.47 bits per heavy atom. The zero-order valence-electron chi connectivity index (χ0n) is 23.5. The summed E-state index contributed by atoms with van der Waals surface area (Å²) in [5, 5.41) is 20.6. The van der Waals surface area contributed by atoms with E-state index in [4.69, 9.17) is 23.7 Å². The molecular weight excluding hydrogens is 554 g/mol. The molecular formula is C33H29NO9. The highest BCUT2D eigenvalue weighted by Gasteiger charge is 2.48. The molecule has 0 saturated carbocycles. The van der Waals surface area contributed by atoms with Crippen LogP contribution in [0.3, 0.4) is 0 Å². The summed E-state index contributed by atoms with van der Waals surface area (Å²) in [4.78, 5) is 29.3. The van der Waals surface area contributed by atoms with E-state index in [0.29, 0.717) is 35.2 Å². The smallest absolute Gasteiger partial charge is 0.341 e. The predicted octanol–water partition coefficient (Wildman–Crippen LogP) is 6.08. The molecule has 4 aromatic rings. The molecule has 43 heavy (non-hydrogen) atoms. The number of pyridine rings is 1. The second kappa shape index (κ2) is 11.6. The van der Waals surface area contributed by atoms with Crippen LogP contribution in [0.4, 0.5) is 0 Å². The van der Waals surface area contributed by atoms with Gasteiger partial charge in [0.1, 0.15) is 22.8 Å². The van der Waals surface area contributed by atoms with Gasteiger partial charge in [0.2, 0.25) is 12.7 Å². The first-order valence-corrected chi connectivity index (χ1v) is 13.8. The van der Waals surface area contributed by atoms with E-state index in [1.54, 1.807) is 24.3 Å². The van der Waals surface area contributed by atoms with Crippen LogP contribution < -0.4 is 23.7 Å². The van der Waals surface area contributed by atoms with Crippen molar-refractivity contribution in [3.63, 3.8) is 0 Å². The van der Waals surface area contributed by atoms with Gasteiger partial charge in [0, 0.05) is 29.7 Å². The van der Waals surface area contributed by atoms with Crippen molar-refractivity contribution in [2.24, 2.45) is 5.92 Å². The molecule has 3 aromatic carbocycles. The molecule has 0 bridgehead atoms.